The summed E-state index contributed by atoms with van der Waals surface area (Å²) in [6.45, 7) is 2.23. The fourth-order valence-corrected chi connectivity index (χ4v) is 2.61. The number of nitrogens with zero attached hydrogens (tertiary/aromatic N) is 1. The van der Waals surface area contributed by atoms with E-state index in [1.165, 1.54) is 24.0 Å². The van der Waals surface area contributed by atoms with E-state index in [1.54, 1.807) is 0 Å². The standard InChI is InChI=1S/C17H20N2/c1-13(14-9-11-18-12-10-14)19-17(16-7-8-16)15-5-3-2-4-6-15/h2-6,9-13,16-17,19H,7-8H2,1H3. The monoisotopic (exact) mass is 252 g/mol. The highest BCUT2D eigenvalue weighted by Gasteiger charge is 2.32. The third-order valence-electron chi connectivity index (χ3n) is 3.89. The van der Waals surface area contributed by atoms with E-state index in [2.05, 4.69) is 59.7 Å². The van der Waals surface area contributed by atoms with Crippen LogP contribution in [0.15, 0.2) is 54.9 Å². The Hall–Kier alpha value is -1.67. The lowest BCUT2D eigenvalue weighted by molar-refractivity contribution is 0.427. The molecule has 1 fully saturated rings. The first-order valence-electron chi connectivity index (χ1n) is 7.05. The molecule has 1 saturated carbocycles. The number of pyridine rings is 1. The quantitative estimate of drug-likeness (QED) is 0.873. The molecular formula is C17H20N2. The van der Waals surface area contributed by atoms with Crippen LogP contribution in [0.1, 0.15) is 43.0 Å². The van der Waals surface area contributed by atoms with Gasteiger partial charge in [-0.3, -0.25) is 4.98 Å². The van der Waals surface area contributed by atoms with Crippen molar-refractivity contribution in [2.24, 2.45) is 5.92 Å². The van der Waals surface area contributed by atoms with Crippen molar-refractivity contribution in [3.05, 3.63) is 66.0 Å². The minimum Gasteiger partial charge on any atom is -0.303 e. The Balaban J connectivity index is 1.76. The molecule has 1 aliphatic carbocycles. The molecule has 1 N–H and O–H groups in total. The van der Waals surface area contributed by atoms with Gasteiger partial charge in [0.05, 0.1) is 0 Å². The largest absolute Gasteiger partial charge is 0.303 e. The molecule has 2 aromatic rings. The molecule has 3 rings (SSSR count). The highest BCUT2D eigenvalue weighted by Crippen LogP contribution is 2.42. The van der Waals surface area contributed by atoms with Gasteiger partial charge >= 0.3 is 0 Å². The first kappa shape index (κ1) is 12.4. The minimum atomic E-state index is 0.355. The molecule has 19 heavy (non-hydrogen) atoms. The van der Waals surface area contributed by atoms with E-state index in [1.807, 2.05) is 12.4 Å². The van der Waals surface area contributed by atoms with Gasteiger partial charge in [-0.15, -0.1) is 0 Å². The van der Waals surface area contributed by atoms with Gasteiger partial charge in [0.15, 0.2) is 0 Å². The van der Waals surface area contributed by atoms with Gasteiger partial charge in [0, 0.05) is 24.5 Å². The summed E-state index contributed by atoms with van der Waals surface area (Å²) in [5.74, 6) is 0.798. The molecule has 1 aromatic heterocycles. The van der Waals surface area contributed by atoms with Crippen LogP contribution in [0.25, 0.3) is 0 Å². The van der Waals surface area contributed by atoms with Crippen LogP contribution in [-0.4, -0.2) is 4.98 Å². The zero-order chi connectivity index (χ0) is 13.1. The lowest BCUT2D eigenvalue weighted by Gasteiger charge is -2.24. The molecule has 2 unspecified atom stereocenters. The molecule has 0 amide bonds. The van der Waals surface area contributed by atoms with Gasteiger partial charge in [-0.2, -0.15) is 0 Å². The second kappa shape index (κ2) is 5.54. The number of hydrogen-bond donors (Lipinski definition) is 1. The Bertz CT molecular complexity index is 505. The van der Waals surface area contributed by atoms with Crippen molar-refractivity contribution in [2.45, 2.75) is 31.8 Å². The van der Waals surface area contributed by atoms with E-state index in [4.69, 9.17) is 0 Å². The predicted molar refractivity (Wildman–Crippen MR) is 77.7 cm³/mol. The summed E-state index contributed by atoms with van der Waals surface area (Å²) in [7, 11) is 0. The summed E-state index contributed by atoms with van der Waals surface area (Å²) in [6.07, 6.45) is 6.41. The van der Waals surface area contributed by atoms with Crippen molar-refractivity contribution in [2.75, 3.05) is 0 Å². The fraction of sp³-hybridized carbons (Fsp3) is 0.353. The Kier molecular flexibility index (Phi) is 3.60. The van der Waals surface area contributed by atoms with Gasteiger partial charge in [0.1, 0.15) is 0 Å². The van der Waals surface area contributed by atoms with Gasteiger partial charge in [-0.25, -0.2) is 0 Å². The number of nitrogens with one attached hydrogen (secondary N) is 1. The average Bonchev–Trinajstić information content (AvgIpc) is 3.31. The average molecular weight is 252 g/mol. The molecule has 0 aliphatic heterocycles. The summed E-state index contributed by atoms with van der Waals surface area (Å²) in [5, 5.41) is 3.78. The van der Waals surface area contributed by atoms with E-state index in [-0.39, 0.29) is 0 Å². The van der Waals surface area contributed by atoms with Crippen LogP contribution in [0.2, 0.25) is 0 Å². The summed E-state index contributed by atoms with van der Waals surface area (Å²) in [4.78, 5) is 4.08. The van der Waals surface area contributed by atoms with Gasteiger partial charge in [0.2, 0.25) is 0 Å². The van der Waals surface area contributed by atoms with Crippen molar-refractivity contribution in [3.63, 3.8) is 0 Å². The maximum Gasteiger partial charge on any atom is 0.0353 e. The fourth-order valence-electron chi connectivity index (χ4n) is 2.61. The first-order valence-corrected chi connectivity index (χ1v) is 7.05. The Labute approximate surface area is 114 Å². The normalized spacial score (nSPS) is 17.9. The Morgan fingerprint density at radius 1 is 1.00 bits per heavy atom. The van der Waals surface area contributed by atoms with Crippen molar-refractivity contribution in [1.82, 2.24) is 10.3 Å². The van der Waals surface area contributed by atoms with Gasteiger partial charge in [0.25, 0.3) is 0 Å². The maximum absolute atomic E-state index is 4.08. The molecule has 0 radical (unpaired) electrons. The van der Waals surface area contributed by atoms with Crippen LogP contribution < -0.4 is 5.32 Å². The second-order valence-electron chi connectivity index (χ2n) is 5.39. The van der Waals surface area contributed by atoms with Crippen LogP contribution in [0.3, 0.4) is 0 Å². The molecular weight excluding hydrogens is 232 g/mol. The van der Waals surface area contributed by atoms with Crippen LogP contribution in [0.5, 0.6) is 0 Å². The number of aromatic nitrogens is 1. The van der Waals surface area contributed by atoms with Gasteiger partial charge < -0.3 is 5.32 Å². The summed E-state index contributed by atoms with van der Waals surface area (Å²) in [6, 6.07) is 15.8. The Morgan fingerprint density at radius 3 is 2.32 bits per heavy atom. The van der Waals surface area contributed by atoms with Gasteiger partial charge in [-0.05, 0) is 48.9 Å². The molecule has 0 bridgehead atoms. The lowest BCUT2D eigenvalue weighted by Crippen LogP contribution is -2.26. The SMILES string of the molecule is CC(NC(c1ccccc1)C1CC1)c1ccncc1. The van der Waals surface area contributed by atoms with Crippen LogP contribution in [0.4, 0.5) is 0 Å². The smallest absolute Gasteiger partial charge is 0.0353 e. The van der Waals surface area contributed by atoms with Crippen molar-refractivity contribution >= 4 is 0 Å². The number of rotatable bonds is 5. The van der Waals surface area contributed by atoms with Gasteiger partial charge in [-0.1, -0.05) is 30.3 Å². The molecule has 2 heteroatoms. The summed E-state index contributed by atoms with van der Waals surface area (Å²) < 4.78 is 0. The molecule has 1 aromatic carbocycles. The molecule has 2 atom stereocenters. The third kappa shape index (κ3) is 3.02. The zero-order valence-corrected chi connectivity index (χ0v) is 11.3. The van der Waals surface area contributed by atoms with Crippen LogP contribution in [0, 0.1) is 5.92 Å². The van der Waals surface area contributed by atoms with E-state index >= 15 is 0 Å². The van der Waals surface area contributed by atoms with Crippen molar-refractivity contribution < 1.29 is 0 Å². The molecule has 98 valence electrons. The van der Waals surface area contributed by atoms with E-state index in [0.717, 1.165) is 5.92 Å². The predicted octanol–water partition coefficient (Wildman–Crippen LogP) is 3.88. The zero-order valence-electron chi connectivity index (χ0n) is 11.3. The highest BCUT2D eigenvalue weighted by molar-refractivity contribution is 5.23. The summed E-state index contributed by atoms with van der Waals surface area (Å²) in [5.41, 5.74) is 2.71. The summed E-state index contributed by atoms with van der Waals surface area (Å²) >= 11 is 0. The van der Waals surface area contributed by atoms with Crippen LogP contribution >= 0.6 is 0 Å². The maximum atomic E-state index is 4.08. The molecule has 2 nitrogen and oxygen atoms in total. The minimum absolute atomic E-state index is 0.355. The van der Waals surface area contributed by atoms with E-state index < -0.39 is 0 Å². The van der Waals surface area contributed by atoms with Crippen molar-refractivity contribution in [1.29, 1.82) is 0 Å². The van der Waals surface area contributed by atoms with Crippen molar-refractivity contribution in [3.8, 4) is 0 Å². The second-order valence-corrected chi connectivity index (χ2v) is 5.39. The molecule has 1 heterocycles. The van der Waals surface area contributed by atoms with Crippen LogP contribution in [-0.2, 0) is 0 Å². The third-order valence-corrected chi connectivity index (χ3v) is 3.89. The molecule has 0 saturated heterocycles. The topological polar surface area (TPSA) is 24.9 Å². The molecule has 1 aliphatic rings. The van der Waals surface area contributed by atoms with E-state index in [0.29, 0.717) is 12.1 Å². The Morgan fingerprint density at radius 2 is 1.68 bits per heavy atom. The molecule has 0 spiro atoms. The first-order chi connectivity index (χ1) is 9.34. The van der Waals surface area contributed by atoms with E-state index in [9.17, 15) is 0 Å². The lowest BCUT2D eigenvalue weighted by atomic mass is 10.00. The number of benzene rings is 1. The number of hydrogen-bond acceptors (Lipinski definition) is 2. The highest BCUT2D eigenvalue weighted by atomic mass is 15.0.